The summed E-state index contributed by atoms with van der Waals surface area (Å²) in [7, 11) is 0. The number of anilines is 1. The highest BCUT2D eigenvalue weighted by atomic mass is 32.1. The lowest BCUT2D eigenvalue weighted by atomic mass is 9.97. The second-order valence-corrected chi connectivity index (χ2v) is 10.4. The van der Waals surface area contributed by atoms with E-state index in [0.29, 0.717) is 5.13 Å². The van der Waals surface area contributed by atoms with Gasteiger partial charge < -0.3 is 5.32 Å². The first-order valence-electron chi connectivity index (χ1n) is 12.6. The van der Waals surface area contributed by atoms with Crippen LogP contribution in [0.4, 0.5) is 5.13 Å². The number of rotatable bonds is 5. The molecule has 0 atom stereocenters. The van der Waals surface area contributed by atoms with Gasteiger partial charge in [0.2, 0.25) is 5.91 Å². The fraction of sp³-hybridized carbons (Fsp3) is 0.0645. The first-order chi connectivity index (χ1) is 19.1. The standard InChI is InChI=1S/C31H22N6OS/c1-19-15-27-32-18-23-17-24(21-7-3-2-4-8-21)29(35-30(23)37(27)36-19)22-13-11-20(12-14-22)16-28(38)34-31-33-25-9-5-6-10-26(25)39-31/h2-15,17-18H,16H2,1H3,(H,33,34,38). The number of hydrogen-bond acceptors (Lipinski definition) is 6. The van der Waals surface area contributed by atoms with Gasteiger partial charge in [0.05, 0.1) is 28.0 Å². The quantitative estimate of drug-likeness (QED) is 0.269. The molecule has 0 bridgehead atoms. The highest BCUT2D eigenvalue weighted by Gasteiger charge is 2.15. The highest BCUT2D eigenvalue weighted by Crippen LogP contribution is 2.34. The lowest BCUT2D eigenvalue weighted by molar-refractivity contribution is -0.115. The minimum Gasteiger partial charge on any atom is -0.302 e. The van der Waals surface area contributed by atoms with Crippen LogP contribution >= 0.6 is 11.3 Å². The second kappa shape index (κ2) is 9.41. The van der Waals surface area contributed by atoms with Crippen molar-refractivity contribution in [3.63, 3.8) is 0 Å². The summed E-state index contributed by atoms with van der Waals surface area (Å²) in [4.78, 5) is 26.9. The van der Waals surface area contributed by atoms with E-state index in [1.807, 2.05) is 85.9 Å². The molecule has 3 aromatic carbocycles. The van der Waals surface area contributed by atoms with E-state index in [4.69, 9.17) is 4.98 Å². The maximum Gasteiger partial charge on any atom is 0.230 e. The number of aryl methyl sites for hydroxylation is 1. The van der Waals surface area contributed by atoms with Crippen LogP contribution in [-0.2, 0) is 11.2 Å². The van der Waals surface area contributed by atoms with E-state index >= 15 is 0 Å². The smallest absolute Gasteiger partial charge is 0.230 e. The van der Waals surface area contributed by atoms with Crippen LogP contribution in [0.5, 0.6) is 0 Å². The van der Waals surface area contributed by atoms with Gasteiger partial charge in [0.15, 0.2) is 16.4 Å². The van der Waals surface area contributed by atoms with Crippen molar-refractivity contribution in [2.24, 2.45) is 0 Å². The number of hydrogen-bond donors (Lipinski definition) is 1. The van der Waals surface area contributed by atoms with E-state index in [9.17, 15) is 4.79 Å². The molecule has 0 radical (unpaired) electrons. The lowest BCUT2D eigenvalue weighted by Crippen LogP contribution is -2.14. The fourth-order valence-corrected chi connectivity index (χ4v) is 5.65. The molecule has 0 saturated heterocycles. The predicted molar refractivity (Wildman–Crippen MR) is 156 cm³/mol. The van der Waals surface area contributed by atoms with Crippen molar-refractivity contribution in [2.45, 2.75) is 13.3 Å². The van der Waals surface area contributed by atoms with E-state index in [1.165, 1.54) is 11.3 Å². The van der Waals surface area contributed by atoms with Gasteiger partial charge in [0.1, 0.15) is 0 Å². The Labute approximate surface area is 227 Å². The maximum atomic E-state index is 12.8. The Kier molecular flexibility index (Phi) is 5.60. The zero-order chi connectivity index (χ0) is 26.3. The number of carbonyl (C=O) groups is 1. The van der Waals surface area contributed by atoms with Crippen molar-refractivity contribution in [2.75, 3.05) is 5.32 Å². The molecule has 8 heteroatoms. The lowest BCUT2D eigenvalue weighted by Gasteiger charge is -2.12. The molecule has 0 aliphatic rings. The number of amides is 1. The molecule has 7 aromatic rings. The number of para-hydroxylation sites is 1. The Hall–Kier alpha value is -4.95. The molecule has 0 spiro atoms. The minimum absolute atomic E-state index is 0.0976. The molecule has 39 heavy (non-hydrogen) atoms. The Balaban J connectivity index is 1.23. The highest BCUT2D eigenvalue weighted by molar-refractivity contribution is 7.22. The summed E-state index contributed by atoms with van der Waals surface area (Å²) in [6, 6.07) is 30.1. The molecule has 0 aliphatic heterocycles. The largest absolute Gasteiger partial charge is 0.302 e. The summed E-state index contributed by atoms with van der Waals surface area (Å²) in [6.45, 7) is 1.95. The van der Waals surface area contributed by atoms with Gasteiger partial charge in [0.25, 0.3) is 0 Å². The predicted octanol–water partition coefficient (Wildman–Crippen LogP) is 6.71. The summed E-state index contributed by atoms with van der Waals surface area (Å²) >= 11 is 1.48. The second-order valence-electron chi connectivity index (χ2n) is 9.39. The monoisotopic (exact) mass is 526 g/mol. The zero-order valence-electron chi connectivity index (χ0n) is 21.0. The average molecular weight is 527 g/mol. The number of fused-ring (bicyclic) bond motifs is 4. The maximum absolute atomic E-state index is 12.8. The number of benzene rings is 3. The molecular weight excluding hydrogens is 504 g/mol. The van der Waals surface area contributed by atoms with Crippen LogP contribution in [-0.4, -0.2) is 30.5 Å². The van der Waals surface area contributed by atoms with E-state index in [2.05, 4.69) is 38.6 Å². The number of nitrogens with one attached hydrogen (secondary N) is 1. The molecule has 1 N–H and O–H groups in total. The normalized spacial score (nSPS) is 11.4. The van der Waals surface area contributed by atoms with E-state index in [1.54, 1.807) is 4.52 Å². The molecule has 1 amide bonds. The van der Waals surface area contributed by atoms with Gasteiger partial charge >= 0.3 is 0 Å². The summed E-state index contributed by atoms with van der Waals surface area (Å²) < 4.78 is 2.84. The third-order valence-electron chi connectivity index (χ3n) is 6.60. The minimum atomic E-state index is -0.0976. The number of nitrogens with zero attached hydrogens (tertiary/aromatic N) is 5. The summed E-state index contributed by atoms with van der Waals surface area (Å²) in [5.74, 6) is -0.0976. The summed E-state index contributed by atoms with van der Waals surface area (Å²) in [5, 5.41) is 9.08. The molecule has 188 valence electrons. The Bertz CT molecular complexity index is 1960. The van der Waals surface area contributed by atoms with Gasteiger partial charge in [-0.3, -0.25) is 4.79 Å². The van der Waals surface area contributed by atoms with Crippen LogP contribution in [0.1, 0.15) is 11.3 Å². The molecule has 0 saturated carbocycles. The third kappa shape index (κ3) is 4.41. The Morgan fingerprint density at radius 2 is 1.69 bits per heavy atom. The molecule has 4 heterocycles. The topological polar surface area (TPSA) is 85.1 Å². The number of pyridine rings is 1. The SMILES string of the molecule is Cc1cc2ncc3cc(-c4ccccc4)c(-c4ccc(CC(=O)Nc5nc6ccccc6s5)cc4)nc3n2n1. The fourth-order valence-electron chi connectivity index (χ4n) is 4.77. The van der Waals surface area contributed by atoms with Crippen LogP contribution in [0.15, 0.2) is 97.2 Å². The summed E-state index contributed by atoms with van der Waals surface area (Å²) in [6.07, 6.45) is 2.11. The first-order valence-corrected chi connectivity index (χ1v) is 13.4. The van der Waals surface area contributed by atoms with Crippen molar-refractivity contribution in [1.29, 1.82) is 0 Å². The van der Waals surface area contributed by atoms with Crippen LogP contribution in [0.2, 0.25) is 0 Å². The van der Waals surface area contributed by atoms with Crippen LogP contribution in [0, 0.1) is 6.92 Å². The average Bonchev–Trinajstić information content (AvgIpc) is 3.55. The zero-order valence-corrected chi connectivity index (χ0v) is 21.8. The van der Waals surface area contributed by atoms with Crippen LogP contribution in [0.25, 0.3) is 49.3 Å². The molecule has 7 nitrogen and oxygen atoms in total. The first kappa shape index (κ1) is 23.2. The molecule has 0 aliphatic carbocycles. The van der Waals surface area contributed by atoms with Crippen molar-refractivity contribution >= 4 is 49.3 Å². The third-order valence-corrected chi connectivity index (χ3v) is 7.55. The van der Waals surface area contributed by atoms with E-state index < -0.39 is 0 Å². The number of thiazole rings is 1. The van der Waals surface area contributed by atoms with Crippen molar-refractivity contribution in [3.8, 4) is 22.4 Å². The van der Waals surface area contributed by atoms with Gasteiger partial charge in [-0.1, -0.05) is 78.1 Å². The Morgan fingerprint density at radius 3 is 2.51 bits per heavy atom. The number of aromatic nitrogens is 5. The van der Waals surface area contributed by atoms with Gasteiger partial charge in [-0.25, -0.2) is 15.0 Å². The van der Waals surface area contributed by atoms with Gasteiger partial charge in [0, 0.05) is 28.8 Å². The number of carbonyl (C=O) groups excluding carboxylic acids is 1. The molecule has 0 fully saturated rings. The molecule has 7 rings (SSSR count). The van der Waals surface area contributed by atoms with Gasteiger partial charge in [-0.15, -0.1) is 0 Å². The van der Waals surface area contributed by atoms with Crippen LogP contribution in [0.3, 0.4) is 0 Å². The molecular formula is C31H22N6OS. The van der Waals surface area contributed by atoms with Crippen molar-refractivity contribution in [1.82, 2.24) is 24.6 Å². The van der Waals surface area contributed by atoms with Gasteiger partial charge in [-0.2, -0.15) is 9.61 Å². The van der Waals surface area contributed by atoms with Gasteiger partial charge in [-0.05, 0) is 36.2 Å². The summed E-state index contributed by atoms with van der Waals surface area (Å²) in [5.41, 5.74) is 8.08. The van der Waals surface area contributed by atoms with E-state index in [0.717, 1.165) is 60.5 Å². The van der Waals surface area contributed by atoms with Crippen molar-refractivity contribution < 1.29 is 4.79 Å². The molecule has 0 unspecified atom stereocenters. The van der Waals surface area contributed by atoms with Crippen molar-refractivity contribution in [3.05, 3.63) is 108 Å². The van der Waals surface area contributed by atoms with Crippen LogP contribution < -0.4 is 5.32 Å². The van der Waals surface area contributed by atoms with E-state index in [-0.39, 0.29) is 12.3 Å². The molecule has 4 aromatic heterocycles. The Morgan fingerprint density at radius 1 is 0.897 bits per heavy atom.